The zero-order valence-corrected chi connectivity index (χ0v) is 11.0. The third-order valence-electron chi connectivity index (χ3n) is 2.04. The third-order valence-corrected chi connectivity index (χ3v) is 2.04. The van der Waals surface area contributed by atoms with E-state index in [2.05, 4.69) is 29.1 Å². The molecule has 1 aromatic heterocycles. The first-order valence-electron chi connectivity index (χ1n) is 5.92. The fourth-order valence-electron chi connectivity index (χ4n) is 1.30. The molecule has 0 atom stereocenters. The minimum atomic E-state index is 0.335. The minimum Gasteiger partial charge on any atom is -0.475 e. The number of aromatic nitrogens is 2. The quantitative estimate of drug-likeness (QED) is 0.736. The van der Waals surface area contributed by atoms with Crippen molar-refractivity contribution in [3.63, 3.8) is 0 Å². The second-order valence-corrected chi connectivity index (χ2v) is 4.00. The average Bonchev–Trinajstić information content (AvgIpc) is 2.28. The molecule has 0 spiro atoms. The lowest BCUT2D eigenvalue weighted by molar-refractivity contribution is 0.143. The molecule has 17 heavy (non-hydrogen) atoms. The maximum absolute atomic E-state index is 5.50. The number of nitrogens with one attached hydrogen (secondary N) is 1. The van der Waals surface area contributed by atoms with Crippen molar-refractivity contribution in [1.29, 1.82) is 0 Å². The van der Waals surface area contributed by atoms with Gasteiger partial charge in [0.2, 0.25) is 5.88 Å². The van der Waals surface area contributed by atoms with E-state index in [9.17, 15) is 0 Å². The van der Waals surface area contributed by atoms with Crippen LogP contribution >= 0.6 is 0 Å². The molecule has 0 aliphatic heterocycles. The van der Waals surface area contributed by atoms with E-state index in [1.807, 2.05) is 13.0 Å². The normalized spacial score (nSPS) is 10.6. The van der Waals surface area contributed by atoms with Crippen LogP contribution in [0.2, 0.25) is 0 Å². The van der Waals surface area contributed by atoms with Gasteiger partial charge in [-0.25, -0.2) is 4.98 Å². The summed E-state index contributed by atoms with van der Waals surface area (Å²) in [7, 11) is 1.65. The smallest absolute Gasteiger partial charge is 0.218 e. The molecule has 96 valence electrons. The molecular weight excluding hydrogens is 218 g/mol. The van der Waals surface area contributed by atoms with Gasteiger partial charge in [0.15, 0.2) is 0 Å². The highest BCUT2D eigenvalue weighted by Gasteiger charge is 2.05. The second kappa shape index (κ2) is 7.06. The number of hydrogen-bond donors (Lipinski definition) is 1. The number of aryl methyl sites for hydroxylation is 1. The van der Waals surface area contributed by atoms with Gasteiger partial charge in [-0.05, 0) is 13.8 Å². The molecule has 1 rings (SSSR count). The van der Waals surface area contributed by atoms with Gasteiger partial charge in [0, 0.05) is 25.6 Å². The van der Waals surface area contributed by atoms with Crippen LogP contribution in [0, 0.1) is 0 Å². The Morgan fingerprint density at radius 1 is 1.29 bits per heavy atom. The van der Waals surface area contributed by atoms with Crippen molar-refractivity contribution in [3.8, 4) is 5.88 Å². The molecule has 0 amide bonds. The van der Waals surface area contributed by atoms with Crippen molar-refractivity contribution in [2.45, 2.75) is 33.2 Å². The molecule has 1 heterocycles. The summed E-state index contributed by atoms with van der Waals surface area (Å²) < 4.78 is 10.4. The SMILES string of the molecule is CCc1nc(NC(C)C)cc(OCCOC)n1. The Balaban J connectivity index is 2.74. The van der Waals surface area contributed by atoms with Gasteiger partial charge < -0.3 is 14.8 Å². The van der Waals surface area contributed by atoms with E-state index in [-0.39, 0.29) is 0 Å². The zero-order valence-electron chi connectivity index (χ0n) is 11.0. The average molecular weight is 239 g/mol. The molecule has 5 nitrogen and oxygen atoms in total. The monoisotopic (exact) mass is 239 g/mol. The molecule has 1 aromatic rings. The van der Waals surface area contributed by atoms with Crippen molar-refractivity contribution in [2.24, 2.45) is 0 Å². The predicted molar refractivity (Wildman–Crippen MR) is 67.5 cm³/mol. The first-order valence-corrected chi connectivity index (χ1v) is 5.92. The van der Waals surface area contributed by atoms with Crippen molar-refractivity contribution >= 4 is 5.82 Å². The van der Waals surface area contributed by atoms with Crippen LogP contribution in [-0.4, -0.2) is 36.3 Å². The van der Waals surface area contributed by atoms with Gasteiger partial charge >= 0.3 is 0 Å². The van der Waals surface area contributed by atoms with Gasteiger partial charge in [-0.2, -0.15) is 4.98 Å². The standard InChI is InChI=1S/C12H21N3O2/c1-5-10-14-11(13-9(2)3)8-12(15-10)17-7-6-16-4/h8-9H,5-7H2,1-4H3,(H,13,14,15). The van der Waals surface area contributed by atoms with Crippen LogP contribution in [0.5, 0.6) is 5.88 Å². The van der Waals surface area contributed by atoms with Crippen molar-refractivity contribution in [2.75, 3.05) is 25.6 Å². The van der Waals surface area contributed by atoms with Crippen LogP contribution < -0.4 is 10.1 Å². The van der Waals surface area contributed by atoms with E-state index in [1.54, 1.807) is 7.11 Å². The number of ether oxygens (including phenoxy) is 2. The van der Waals surface area contributed by atoms with Crippen molar-refractivity contribution in [3.05, 3.63) is 11.9 Å². The number of nitrogens with zero attached hydrogens (tertiary/aromatic N) is 2. The fraction of sp³-hybridized carbons (Fsp3) is 0.667. The zero-order chi connectivity index (χ0) is 12.7. The fourth-order valence-corrected chi connectivity index (χ4v) is 1.30. The first kappa shape index (κ1) is 13.7. The summed E-state index contributed by atoms with van der Waals surface area (Å²) in [6.45, 7) is 7.21. The lowest BCUT2D eigenvalue weighted by Crippen LogP contribution is -2.13. The summed E-state index contributed by atoms with van der Waals surface area (Å²) in [5.74, 6) is 2.18. The van der Waals surface area contributed by atoms with Gasteiger partial charge in [-0.15, -0.1) is 0 Å². The molecule has 0 aromatic carbocycles. The van der Waals surface area contributed by atoms with Gasteiger partial charge in [-0.1, -0.05) is 6.92 Å². The van der Waals surface area contributed by atoms with E-state index >= 15 is 0 Å². The predicted octanol–water partition coefficient (Wildman–Crippen LogP) is 1.88. The molecule has 0 saturated carbocycles. The van der Waals surface area contributed by atoms with Gasteiger partial charge in [-0.3, -0.25) is 0 Å². The van der Waals surface area contributed by atoms with Crippen LogP contribution in [0.3, 0.4) is 0 Å². The molecule has 5 heteroatoms. The highest BCUT2D eigenvalue weighted by molar-refractivity contribution is 5.39. The summed E-state index contributed by atoms with van der Waals surface area (Å²) in [5, 5.41) is 3.25. The molecule has 0 bridgehead atoms. The molecular formula is C12H21N3O2. The van der Waals surface area contributed by atoms with E-state index in [4.69, 9.17) is 9.47 Å². The summed E-state index contributed by atoms with van der Waals surface area (Å²) in [6, 6.07) is 2.15. The molecule has 0 saturated heterocycles. The van der Waals surface area contributed by atoms with Crippen LogP contribution in [0.15, 0.2) is 6.07 Å². The van der Waals surface area contributed by atoms with Crippen molar-refractivity contribution < 1.29 is 9.47 Å². The number of methoxy groups -OCH3 is 1. The second-order valence-electron chi connectivity index (χ2n) is 4.00. The van der Waals surface area contributed by atoms with E-state index < -0.39 is 0 Å². The Kier molecular flexibility index (Phi) is 5.69. The molecule has 0 radical (unpaired) electrons. The number of hydrogen-bond acceptors (Lipinski definition) is 5. The maximum Gasteiger partial charge on any atom is 0.218 e. The lowest BCUT2D eigenvalue weighted by atomic mass is 10.3. The van der Waals surface area contributed by atoms with E-state index in [0.29, 0.717) is 25.1 Å². The first-order chi connectivity index (χ1) is 8.15. The molecule has 0 unspecified atom stereocenters. The maximum atomic E-state index is 5.50. The van der Waals surface area contributed by atoms with Crippen LogP contribution in [0.4, 0.5) is 5.82 Å². The Bertz CT molecular complexity index is 343. The Hall–Kier alpha value is -1.36. The van der Waals surface area contributed by atoms with Gasteiger partial charge in [0.05, 0.1) is 6.61 Å². The molecule has 0 fully saturated rings. The van der Waals surface area contributed by atoms with Crippen LogP contribution in [-0.2, 0) is 11.2 Å². The summed E-state index contributed by atoms with van der Waals surface area (Å²) >= 11 is 0. The largest absolute Gasteiger partial charge is 0.475 e. The number of anilines is 1. The molecule has 0 aliphatic rings. The summed E-state index contributed by atoms with van der Waals surface area (Å²) in [6.07, 6.45) is 0.786. The highest BCUT2D eigenvalue weighted by Crippen LogP contribution is 2.14. The van der Waals surface area contributed by atoms with Crippen LogP contribution in [0.1, 0.15) is 26.6 Å². The summed E-state index contributed by atoms with van der Waals surface area (Å²) in [5.41, 5.74) is 0. The molecule has 0 aliphatic carbocycles. The van der Waals surface area contributed by atoms with Crippen LogP contribution in [0.25, 0.3) is 0 Å². The minimum absolute atomic E-state index is 0.335. The van der Waals surface area contributed by atoms with E-state index in [1.165, 1.54) is 0 Å². The Labute approximate surface area is 103 Å². The van der Waals surface area contributed by atoms with Gasteiger partial charge in [0.1, 0.15) is 18.2 Å². The third kappa shape index (κ3) is 4.99. The lowest BCUT2D eigenvalue weighted by Gasteiger charge is -2.12. The Morgan fingerprint density at radius 2 is 2.06 bits per heavy atom. The molecule has 1 N–H and O–H groups in total. The van der Waals surface area contributed by atoms with Gasteiger partial charge in [0.25, 0.3) is 0 Å². The highest BCUT2D eigenvalue weighted by atomic mass is 16.5. The topological polar surface area (TPSA) is 56.3 Å². The summed E-state index contributed by atoms with van der Waals surface area (Å²) in [4.78, 5) is 8.69. The Morgan fingerprint density at radius 3 is 2.65 bits per heavy atom. The van der Waals surface area contributed by atoms with Crippen molar-refractivity contribution in [1.82, 2.24) is 9.97 Å². The number of rotatable bonds is 7. The van der Waals surface area contributed by atoms with E-state index in [0.717, 1.165) is 18.1 Å².